The van der Waals surface area contributed by atoms with Crippen molar-refractivity contribution in [3.63, 3.8) is 0 Å². The zero-order valence-electron chi connectivity index (χ0n) is 22.3. The number of alkyl halides is 3. The molecule has 8 heteroatoms. The number of anilines is 1. The van der Waals surface area contributed by atoms with E-state index >= 15 is 0 Å². The van der Waals surface area contributed by atoms with E-state index in [9.17, 15) is 18.0 Å². The zero-order valence-corrected chi connectivity index (χ0v) is 22.3. The number of rotatable bonds is 7. The Bertz CT molecular complexity index is 1110. The Labute approximate surface area is 218 Å². The van der Waals surface area contributed by atoms with Crippen molar-refractivity contribution < 1.29 is 22.7 Å². The summed E-state index contributed by atoms with van der Waals surface area (Å²) in [6.45, 7) is 9.91. The molecule has 0 spiro atoms. The second-order valence-electron chi connectivity index (χ2n) is 11.1. The van der Waals surface area contributed by atoms with E-state index in [1.807, 2.05) is 0 Å². The number of piperidine rings is 1. The van der Waals surface area contributed by atoms with E-state index in [2.05, 4.69) is 54.2 Å². The van der Waals surface area contributed by atoms with Gasteiger partial charge < -0.3 is 15.0 Å². The van der Waals surface area contributed by atoms with Crippen molar-refractivity contribution in [3.05, 3.63) is 58.7 Å². The van der Waals surface area contributed by atoms with Crippen LogP contribution in [-0.4, -0.2) is 44.1 Å². The van der Waals surface area contributed by atoms with Crippen molar-refractivity contribution in [2.45, 2.75) is 59.3 Å². The Kier molecular flexibility index (Phi) is 8.07. The van der Waals surface area contributed by atoms with Crippen molar-refractivity contribution in [3.8, 4) is 5.75 Å². The van der Waals surface area contributed by atoms with E-state index in [0.29, 0.717) is 23.7 Å². The molecule has 0 bridgehead atoms. The summed E-state index contributed by atoms with van der Waals surface area (Å²) in [7, 11) is 2.07. The fourth-order valence-electron chi connectivity index (χ4n) is 5.70. The maximum atomic E-state index is 13.5. The maximum Gasteiger partial charge on any atom is 0.416 e. The number of carbonyl (C=O) groups excluding carboxylic acids is 1. The average Bonchev–Trinajstić information content (AvgIpc) is 2.83. The fourth-order valence-corrected chi connectivity index (χ4v) is 5.70. The van der Waals surface area contributed by atoms with Gasteiger partial charge in [-0.05, 0) is 80.6 Å². The second-order valence-corrected chi connectivity index (χ2v) is 11.1. The molecule has 2 heterocycles. The smallest absolute Gasteiger partial charge is 0.416 e. The normalized spacial score (nSPS) is 17.9. The summed E-state index contributed by atoms with van der Waals surface area (Å²) in [4.78, 5) is 18.0. The molecule has 1 N–H and O–H groups in total. The van der Waals surface area contributed by atoms with Gasteiger partial charge in [-0.15, -0.1) is 0 Å². The molecule has 5 nitrogen and oxygen atoms in total. The number of nitrogens with one attached hydrogen (secondary N) is 1. The van der Waals surface area contributed by atoms with Crippen LogP contribution in [0.2, 0.25) is 0 Å². The van der Waals surface area contributed by atoms with Gasteiger partial charge in [0, 0.05) is 20.1 Å². The molecule has 0 atom stereocenters. The lowest BCUT2D eigenvalue weighted by molar-refractivity contribution is -0.137. The summed E-state index contributed by atoms with van der Waals surface area (Å²) in [5.41, 5.74) is 2.11. The molecule has 0 unspecified atom stereocenters. The third-order valence-electron chi connectivity index (χ3n) is 7.54. The van der Waals surface area contributed by atoms with E-state index in [4.69, 9.17) is 4.74 Å². The van der Waals surface area contributed by atoms with Crippen molar-refractivity contribution in [1.29, 1.82) is 0 Å². The number of nitrogens with zero attached hydrogens (tertiary/aromatic N) is 2. The molecule has 0 saturated carbocycles. The maximum absolute atomic E-state index is 13.5. The molecule has 4 rings (SSSR count). The van der Waals surface area contributed by atoms with Crippen LogP contribution in [0.5, 0.6) is 5.75 Å². The number of amides is 1. The van der Waals surface area contributed by atoms with Gasteiger partial charge in [-0.25, -0.2) is 0 Å². The number of halogens is 3. The van der Waals surface area contributed by atoms with E-state index in [1.54, 1.807) is 13.0 Å². The van der Waals surface area contributed by atoms with Crippen molar-refractivity contribution >= 4 is 11.6 Å². The molecule has 0 radical (unpaired) electrons. The van der Waals surface area contributed by atoms with Crippen molar-refractivity contribution in [1.82, 2.24) is 10.2 Å². The number of aryl methyl sites for hydroxylation is 1. The number of hydrogen-bond acceptors (Lipinski definition) is 4. The van der Waals surface area contributed by atoms with Gasteiger partial charge in [0.2, 0.25) is 5.91 Å². The molecule has 2 aromatic carbocycles. The van der Waals surface area contributed by atoms with Gasteiger partial charge in [-0.3, -0.25) is 9.69 Å². The number of fused-ring (bicyclic) bond motifs is 1. The molecule has 1 amide bonds. The minimum absolute atomic E-state index is 0.0545. The molecule has 0 aromatic heterocycles. The number of carbonyl (C=O) groups is 1. The molecule has 2 aromatic rings. The number of likely N-dealkylation sites (N-methyl/N-ethyl adjacent to an activating group) is 1. The van der Waals surface area contributed by atoms with Gasteiger partial charge in [-0.1, -0.05) is 31.5 Å². The largest absolute Gasteiger partial charge is 0.490 e. The van der Waals surface area contributed by atoms with E-state index in [-0.39, 0.29) is 12.5 Å². The lowest BCUT2D eigenvalue weighted by atomic mass is 9.71. The Morgan fingerprint density at radius 2 is 1.81 bits per heavy atom. The molecule has 2 aliphatic heterocycles. The third kappa shape index (κ3) is 6.58. The number of hydrogen-bond donors (Lipinski definition) is 1. The van der Waals surface area contributed by atoms with Crippen LogP contribution in [0.15, 0.2) is 36.4 Å². The summed E-state index contributed by atoms with van der Waals surface area (Å²) in [5.74, 6) is 1.20. The summed E-state index contributed by atoms with van der Waals surface area (Å²) in [6.07, 6.45) is -2.20. The summed E-state index contributed by atoms with van der Waals surface area (Å²) < 4.78 is 45.6. The molecule has 2 aliphatic rings. The second kappa shape index (κ2) is 10.9. The van der Waals surface area contributed by atoms with Crippen LogP contribution < -0.4 is 15.0 Å². The molecular weight excluding hydrogens is 479 g/mol. The Hall–Kier alpha value is -2.74. The van der Waals surface area contributed by atoms with Gasteiger partial charge in [0.25, 0.3) is 0 Å². The van der Waals surface area contributed by atoms with Crippen LogP contribution in [0, 0.1) is 18.3 Å². The molecule has 1 fully saturated rings. The van der Waals surface area contributed by atoms with Gasteiger partial charge in [0.1, 0.15) is 12.4 Å². The number of likely N-dealkylation sites (tertiary alicyclic amines) is 1. The first-order valence-corrected chi connectivity index (χ1v) is 13.1. The lowest BCUT2D eigenvalue weighted by Crippen LogP contribution is -2.49. The summed E-state index contributed by atoms with van der Waals surface area (Å²) in [5, 5.41) is 2.98. The number of benzene rings is 2. The fraction of sp³-hybridized carbons (Fsp3) is 0.552. The topological polar surface area (TPSA) is 44.8 Å². The first-order valence-electron chi connectivity index (χ1n) is 13.1. The highest BCUT2D eigenvalue weighted by atomic mass is 19.4. The monoisotopic (exact) mass is 517 g/mol. The molecule has 0 aliphatic carbocycles. The van der Waals surface area contributed by atoms with Crippen LogP contribution in [0.3, 0.4) is 0 Å². The predicted molar refractivity (Wildman–Crippen MR) is 140 cm³/mol. The molecular formula is C29H38F3N3O2. The minimum atomic E-state index is -4.41. The quantitative estimate of drug-likeness (QED) is 0.505. The van der Waals surface area contributed by atoms with Crippen LogP contribution in [-0.2, 0) is 24.1 Å². The van der Waals surface area contributed by atoms with Crippen LogP contribution >= 0.6 is 0 Å². The van der Waals surface area contributed by atoms with E-state index in [0.717, 1.165) is 69.0 Å². The van der Waals surface area contributed by atoms with Crippen LogP contribution in [0.25, 0.3) is 0 Å². The van der Waals surface area contributed by atoms with Gasteiger partial charge >= 0.3 is 6.18 Å². The van der Waals surface area contributed by atoms with Gasteiger partial charge in [0.15, 0.2) is 0 Å². The van der Waals surface area contributed by atoms with Crippen molar-refractivity contribution in [2.75, 3.05) is 38.2 Å². The molecule has 1 saturated heterocycles. The highest BCUT2D eigenvalue weighted by molar-refractivity contribution is 5.82. The van der Waals surface area contributed by atoms with Crippen molar-refractivity contribution in [2.24, 2.45) is 11.3 Å². The minimum Gasteiger partial charge on any atom is -0.490 e. The Morgan fingerprint density at radius 1 is 1.08 bits per heavy atom. The first kappa shape index (κ1) is 27.3. The average molecular weight is 518 g/mol. The highest BCUT2D eigenvalue weighted by Crippen LogP contribution is 2.39. The van der Waals surface area contributed by atoms with Crippen LogP contribution in [0.4, 0.5) is 18.9 Å². The first-order chi connectivity index (χ1) is 17.4. The zero-order chi connectivity index (χ0) is 26.8. The predicted octanol–water partition coefficient (Wildman–Crippen LogP) is 5.79. The molecule has 37 heavy (non-hydrogen) atoms. The van der Waals surface area contributed by atoms with Gasteiger partial charge in [-0.2, -0.15) is 13.2 Å². The van der Waals surface area contributed by atoms with E-state index in [1.165, 1.54) is 5.56 Å². The Balaban J connectivity index is 1.40. The van der Waals surface area contributed by atoms with E-state index < -0.39 is 17.2 Å². The standard InChI is InChI=1S/C29H38F3N3O2/c1-20(2)17-28(27(36)33-18-23-13-21(3)14-24(15-23)29(30,31)32)7-9-35(10-8-28)19-22-5-6-25-26(16-22)37-12-11-34(25)4/h5-6,13-16,20H,7-12,17-19H2,1-4H3,(H,33,36). The summed E-state index contributed by atoms with van der Waals surface area (Å²) >= 11 is 0. The highest BCUT2D eigenvalue weighted by Gasteiger charge is 2.41. The lowest BCUT2D eigenvalue weighted by Gasteiger charge is -2.42. The summed E-state index contributed by atoms with van der Waals surface area (Å²) in [6, 6.07) is 10.3. The Morgan fingerprint density at radius 3 is 2.49 bits per heavy atom. The van der Waals surface area contributed by atoms with Crippen LogP contribution in [0.1, 0.15) is 55.4 Å². The SMILES string of the molecule is Cc1cc(CNC(=O)C2(CC(C)C)CCN(Cc3ccc4c(c3)OCCN4C)CC2)cc(C(F)(F)F)c1. The third-order valence-corrected chi connectivity index (χ3v) is 7.54. The van der Waals surface area contributed by atoms with Gasteiger partial charge in [0.05, 0.1) is 23.2 Å². The molecule has 202 valence electrons. The number of ether oxygens (including phenoxy) is 1.